The molecule has 0 bridgehead atoms. The van der Waals surface area contributed by atoms with E-state index < -0.39 is 16.3 Å². The Morgan fingerprint density at radius 3 is 2.44 bits per heavy atom. The molecule has 1 aliphatic heterocycles. The molecule has 0 saturated carbocycles. The van der Waals surface area contributed by atoms with Crippen LogP contribution in [-0.4, -0.2) is 41.2 Å². The van der Waals surface area contributed by atoms with E-state index in [1.807, 2.05) is 13.8 Å². The molecule has 1 aromatic rings. The highest BCUT2D eigenvalue weighted by atomic mass is 79.9. The van der Waals surface area contributed by atoms with Crippen molar-refractivity contribution in [2.24, 2.45) is 0 Å². The van der Waals surface area contributed by atoms with Crippen molar-refractivity contribution in [2.75, 3.05) is 26.2 Å². The number of hydrogen-bond donors (Lipinski definition) is 1. The number of piperazine rings is 1. The molecular formula is C10H15BrF2N4O. The van der Waals surface area contributed by atoms with Gasteiger partial charge in [-0.15, -0.1) is 0 Å². The van der Waals surface area contributed by atoms with Crippen molar-refractivity contribution in [3.8, 4) is 0 Å². The van der Waals surface area contributed by atoms with Crippen molar-refractivity contribution >= 4 is 15.9 Å². The highest BCUT2D eigenvalue weighted by Gasteiger charge is 2.39. The first-order valence-corrected chi connectivity index (χ1v) is 6.48. The molecule has 1 saturated heterocycles. The fourth-order valence-electron chi connectivity index (χ4n) is 1.95. The van der Waals surface area contributed by atoms with Crippen molar-refractivity contribution in [1.82, 2.24) is 20.4 Å². The second-order valence-electron chi connectivity index (χ2n) is 4.72. The van der Waals surface area contributed by atoms with Gasteiger partial charge >= 0.3 is 10.7 Å². The molecule has 0 atom stereocenters. The third kappa shape index (κ3) is 2.70. The summed E-state index contributed by atoms with van der Waals surface area (Å²) >= 11 is 2.21. The maximum Gasteiger partial charge on any atom is 0.378 e. The van der Waals surface area contributed by atoms with Gasteiger partial charge in [0.25, 0.3) is 0 Å². The smallest absolute Gasteiger partial charge is 0.331 e. The van der Waals surface area contributed by atoms with Crippen LogP contribution in [0.25, 0.3) is 0 Å². The quantitative estimate of drug-likeness (QED) is 0.857. The summed E-state index contributed by atoms with van der Waals surface area (Å²) in [5.74, 6) is -0.431. The lowest BCUT2D eigenvalue weighted by molar-refractivity contribution is 0.0722. The Bertz CT molecular complexity index is 412. The topological polar surface area (TPSA) is 54.2 Å². The predicted octanol–water partition coefficient (Wildman–Crippen LogP) is 1.65. The van der Waals surface area contributed by atoms with Crippen molar-refractivity contribution in [3.05, 3.63) is 11.7 Å². The summed E-state index contributed by atoms with van der Waals surface area (Å²) in [6.45, 7) is 7.17. The number of nitrogens with zero attached hydrogens (tertiary/aromatic N) is 3. The minimum Gasteiger partial charge on any atom is -0.331 e. The highest BCUT2D eigenvalue weighted by Crippen LogP contribution is 2.35. The van der Waals surface area contributed by atoms with Gasteiger partial charge in [-0.05, 0) is 13.8 Å². The lowest BCUT2D eigenvalue weighted by atomic mass is 10.0. The lowest BCUT2D eigenvalue weighted by Crippen LogP contribution is -2.52. The number of alkyl halides is 3. The van der Waals surface area contributed by atoms with E-state index in [4.69, 9.17) is 0 Å². The molecule has 0 amide bonds. The van der Waals surface area contributed by atoms with Crippen molar-refractivity contribution in [2.45, 2.75) is 24.2 Å². The van der Waals surface area contributed by atoms with Crippen LogP contribution in [0.15, 0.2) is 4.52 Å². The zero-order valence-electron chi connectivity index (χ0n) is 10.2. The normalized spacial score (nSPS) is 19.2. The van der Waals surface area contributed by atoms with Crippen molar-refractivity contribution in [3.63, 3.8) is 0 Å². The van der Waals surface area contributed by atoms with Crippen LogP contribution in [0.4, 0.5) is 8.78 Å². The molecular weight excluding hydrogens is 310 g/mol. The highest BCUT2D eigenvalue weighted by molar-refractivity contribution is 9.09. The first-order chi connectivity index (χ1) is 8.32. The van der Waals surface area contributed by atoms with Gasteiger partial charge in [-0.25, -0.2) is 0 Å². The second kappa shape index (κ2) is 4.82. The molecule has 0 aromatic carbocycles. The van der Waals surface area contributed by atoms with Gasteiger partial charge in [-0.3, -0.25) is 4.90 Å². The van der Waals surface area contributed by atoms with Crippen LogP contribution >= 0.6 is 15.9 Å². The first kappa shape index (κ1) is 13.8. The van der Waals surface area contributed by atoms with Crippen molar-refractivity contribution in [1.29, 1.82) is 0 Å². The van der Waals surface area contributed by atoms with Gasteiger partial charge in [0.2, 0.25) is 0 Å². The molecule has 8 heteroatoms. The third-order valence-corrected chi connectivity index (χ3v) is 3.46. The van der Waals surface area contributed by atoms with Gasteiger partial charge in [-0.2, -0.15) is 13.8 Å². The number of rotatable bonds is 3. The number of halogens is 3. The molecule has 1 fully saturated rings. The Labute approximate surface area is 112 Å². The van der Waals surface area contributed by atoms with E-state index in [9.17, 15) is 8.78 Å². The molecule has 0 aliphatic carbocycles. The molecule has 1 aromatic heterocycles. The van der Waals surface area contributed by atoms with E-state index in [1.54, 1.807) is 0 Å². The van der Waals surface area contributed by atoms with Crippen LogP contribution < -0.4 is 5.32 Å². The molecule has 2 heterocycles. The molecule has 1 N–H and O–H groups in total. The minimum absolute atomic E-state index is 0.276. The largest absolute Gasteiger partial charge is 0.378 e. The SMILES string of the molecule is CC(C)(c1noc(C(F)(F)Br)n1)N1CCNCC1. The number of nitrogens with one attached hydrogen (secondary N) is 1. The Balaban J connectivity index is 2.21. The fraction of sp³-hybridized carbons (Fsp3) is 0.800. The number of hydrogen-bond acceptors (Lipinski definition) is 5. The molecule has 18 heavy (non-hydrogen) atoms. The summed E-state index contributed by atoms with van der Waals surface area (Å²) in [6.07, 6.45) is 0. The van der Waals surface area contributed by atoms with E-state index in [2.05, 4.69) is 40.8 Å². The minimum atomic E-state index is -3.28. The van der Waals surface area contributed by atoms with Gasteiger partial charge in [0.15, 0.2) is 5.82 Å². The average Bonchev–Trinajstić information content (AvgIpc) is 2.79. The summed E-state index contributed by atoms with van der Waals surface area (Å²) < 4.78 is 30.6. The van der Waals surface area contributed by atoms with E-state index >= 15 is 0 Å². The van der Waals surface area contributed by atoms with Gasteiger partial charge in [0.1, 0.15) is 0 Å². The predicted molar refractivity (Wildman–Crippen MR) is 64.6 cm³/mol. The summed E-state index contributed by atoms with van der Waals surface area (Å²) in [5.41, 5.74) is -0.526. The zero-order chi connectivity index (χ0) is 13.4. The van der Waals surface area contributed by atoms with E-state index in [1.165, 1.54) is 0 Å². The number of aromatic nitrogens is 2. The van der Waals surface area contributed by atoms with Gasteiger partial charge < -0.3 is 9.84 Å². The molecule has 0 unspecified atom stereocenters. The van der Waals surface area contributed by atoms with E-state index in [0.717, 1.165) is 26.2 Å². The van der Waals surface area contributed by atoms with Crippen LogP contribution in [-0.2, 0) is 10.4 Å². The van der Waals surface area contributed by atoms with Crippen LogP contribution in [0.5, 0.6) is 0 Å². The monoisotopic (exact) mass is 324 g/mol. The molecule has 0 spiro atoms. The fourth-order valence-corrected chi connectivity index (χ4v) is 2.11. The zero-order valence-corrected chi connectivity index (χ0v) is 11.8. The third-order valence-electron chi connectivity index (χ3n) is 3.12. The molecule has 0 radical (unpaired) electrons. The maximum atomic E-state index is 13.0. The summed E-state index contributed by atoms with van der Waals surface area (Å²) in [6, 6.07) is 0. The summed E-state index contributed by atoms with van der Waals surface area (Å²) in [5, 5.41) is 6.91. The molecule has 2 rings (SSSR count). The standard InChI is InChI=1S/C10H15BrF2N4O/c1-9(2,17-5-3-14-4-6-17)7-15-8(18-16-7)10(11,12)13/h14H,3-6H2,1-2H3. The second-order valence-corrected chi connectivity index (χ2v) is 5.71. The molecule has 1 aliphatic rings. The van der Waals surface area contributed by atoms with Gasteiger partial charge in [0, 0.05) is 42.1 Å². The van der Waals surface area contributed by atoms with Gasteiger partial charge in [0.05, 0.1) is 5.54 Å². The summed E-state index contributed by atoms with van der Waals surface area (Å²) in [4.78, 5) is 2.66. The van der Waals surface area contributed by atoms with Crippen LogP contribution in [0.3, 0.4) is 0 Å². The summed E-state index contributed by atoms with van der Waals surface area (Å²) in [7, 11) is 0. The Morgan fingerprint density at radius 2 is 1.94 bits per heavy atom. The molecule has 5 nitrogen and oxygen atoms in total. The molecule has 102 valence electrons. The van der Waals surface area contributed by atoms with Crippen LogP contribution in [0.2, 0.25) is 0 Å². The maximum absolute atomic E-state index is 13.0. The van der Waals surface area contributed by atoms with Crippen LogP contribution in [0.1, 0.15) is 25.6 Å². The first-order valence-electron chi connectivity index (χ1n) is 5.69. The Kier molecular flexibility index (Phi) is 3.70. The van der Waals surface area contributed by atoms with E-state index in [0.29, 0.717) is 0 Å². The van der Waals surface area contributed by atoms with Crippen molar-refractivity contribution < 1.29 is 13.3 Å². The Hall–Kier alpha value is -0.600. The van der Waals surface area contributed by atoms with Gasteiger partial charge in [-0.1, -0.05) is 5.16 Å². The lowest BCUT2D eigenvalue weighted by Gasteiger charge is -2.38. The van der Waals surface area contributed by atoms with Crippen LogP contribution in [0, 0.1) is 0 Å². The Morgan fingerprint density at radius 1 is 1.33 bits per heavy atom. The average molecular weight is 325 g/mol. The van der Waals surface area contributed by atoms with E-state index in [-0.39, 0.29) is 5.82 Å².